The first kappa shape index (κ1) is 21.1. The van der Waals surface area contributed by atoms with Crippen molar-refractivity contribution in [1.82, 2.24) is 9.80 Å². The van der Waals surface area contributed by atoms with Crippen LogP contribution in [0.15, 0.2) is 24.3 Å². The van der Waals surface area contributed by atoms with Crippen molar-refractivity contribution in [2.45, 2.75) is 82.3 Å². The van der Waals surface area contributed by atoms with E-state index in [1.807, 2.05) is 4.90 Å². The number of hydrogen-bond acceptors (Lipinski definition) is 4. The Balaban J connectivity index is 1.49. The molecule has 6 nitrogen and oxygen atoms in total. The second kappa shape index (κ2) is 9.33. The Morgan fingerprint density at radius 3 is 2.27 bits per heavy atom. The number of benzene rings is 1. The molecular formula is C23H31N3O3S. The van der Waals surface area contributed by atoms with Crippen molar-refractivity contribution in [3.8, 4) is 5.75 Å². The third-order valence-corrected chi connectivity index (χ3v) is 7.10. The van der Waals surface area contributed by atoms with Gasteiger partial charge in [-0.2, -0.15) is 0 Å². The minimum atomic E-state index is -0.485. The molecule has 0 aromatic heterocycles. The zero-order valence-corrected chi connectivity index (χ0v) is 18.5. The van der Waals surface area contributed by atoms with E-state index in [9.17, 15) is 9.59 Å². The summed E-state index contributed by atoms with van der Waals surface area (Å²) in [5.41, 5.74) is 0.699. The number of methoxy groups -OCH3 is 1. The van der Waals surface area contributed by atoms with Crippen LogP contribution in [0.4, 0.5) is 5.69 Å². The number of carbonyl (C=O) groups is 2. The highest BCUT2D eigenvalue weighted by Crippen LogP contribution is 2.35. The van der Waals surface area contributed by atoms with E-state index in [0.29, 0.717) is 10.8 Å². The van der Waals surface area contributed by atoms with Crippen LogP contribution in [0.3, 0.4) is 0 Å². The standard InChI is InChI=1S/C23H31N3O3S/c1-29-19-13-11-16(12-14-19)24-21(27)15-20-22(28)26(18-7-3-2-4-8-18)23(30)25(20)17-9-5-6-10-17/h11-14,17-18,20H,2-10,15H2,1H3,(H,24,27). The normalized spacial score (nSPS) is 23.3. The van der Waals surface area contributed by atoms with Crippen LogP contribution in [0.5, 0.6) is 5.75 Å². The second-order valence-electron chi connectivity index (χ2n) is 8.62. The average molecular weight is 430 g/mol. The molecule has 1 N–H and O–H groups in total. The van der Waals surface area contributed by atoms with E-state index in [-0.39, 0.29) is 30.3 Å². The minimum Gasteiger partial charge on any atom is -0.497 e. The molecule has 1 aliphatic heterocycles. The highest BCUT2D eigenvalue weighted by Gasteiger charge is 2.48. The molecule has 1 aromatic carbocycles. The number of rotatable bonds is 6. The number of hydrogen-bond donors (Lipinski definition) is 1. The number of carbonyl (C=O) groups excluding carboxylic acids is 2. The summed E-state index contributed by atoms with van der Waals surface area (Å²) in [4.78, 5) is 30.3. The molecule has 4 rings (SSSR count). The number of nitrogens with one attached hydrogen (secondary N) is 1. The number of amides is 2. The van der Waals surface area contributed by atoms with Crippen LogP contribution >= 0.6 is 12.2 Å². The number of anilines is 1. The molecule has 1 heterocycles. The van der Waals surface area contributed by atoms with E-state index >= 15 is 0 Å². The van der Waals surface area contributed by atoms with Gasteiger partial charge in [0.25, 0.3) is 5.91 Å². The molecule has 1 aromatic rings. The monoisotopic (exact) mass is 429 g/mol. The molecule has 162 valence electrons. The van der Waals surface area contributed by atoms with Gasteiger partial charge in [0.2, 0.25) is 5.91 Å². The van der Waals surface area contributed by atoms with E-state index in [0.717, 1.165) is 57.1 Å². The molecule has 1 atom stereocenters. The van der Waals surface area contributed by atoms with Crippen LogP contribution < -0.4 is 10.1 Å². The summed E-state index contributed by atoms with van der Waals surface area (Å²) in [6.45, 7) is 0. The Morgan fingerprint density at radius 2 is 1.63 bits per heavy atom. The Morgan fingerprint density at radius 1 is 1.03 bits per heavy atom. The molecule has 1 saturated heterocycles. The first-order valence-electron chi connectivity index (χ1n) is 11.2. The molecule has 1 unspecified atom stereocenters. The molecule has 2 saturated carbocycles. The fraction of sp³-hybridized carbons (Fsp3) is 0.609. The van der Waals surface area contributed by atoms with Gasteiger partial charge < -0.3 is 15.0 Å². The maximum atomic E-state index is 13.5. The van der Waals surface area contributed by atoms with Crippen LogP contribution in [0.25, 0.3) is 0 Å². The third-order valence-electron chi connectivity index (χ3n) is 6.70. The van der Waals surface area contributed by atoms with Gasteiger partial charge in [-0.05, 0) is 62.2 Å². The lowest BCUT2D eigenvalue weighted by atomic mass is 9.94. The van der Waals surface area contributed by atoms with Gasteiger partial charge in [-0.25, -0.2) is 0 Å². The fourth-order valence-electron chi connectivity index (χ4n) is 5.15. The molecule has 0 spiro atoms. The van der Waals surface area contributed by atoms with Gasteiger partial charge in [0.1, 0.15) is 11.8 Å². The lowest BCUT2D eigenvalue weighted by Crippen LogP contribution is -2.44. The zero-order valence-electron chi connectivity index (χ0n) is 17.6. The van der Waals surface area contributed by atoms with E-state index < -0.39 is 6.04 Å². The largest absolute Gasteiger partial charge is 0.497 e. The van der Waals surface area contributed by atoms with Gasteiger partial charge in [-0.3, -0.25) is 14.5 Å². The van der Waals surface area contributed by atoms with E-state index in [1.165, 1.54) is 6.42 Å². The first-order chi connectivity index (χ1) is 14.6. The van der Waals surface area contributed by atoms with Gasteiger partial charge in [0, 0.05) is 17.8 Å². The Kier molecular flexibility index (Phi) is 6.56. The molecule has 30 heavy (non-hydrogen) atoms. The van der Waals surface area contributed by atoms with Crippen LogP contribution in [-0.2, 0) is 9.59 Å². The highest BCUT2D eigenvalue weighted by atomic mass is 32.1. The predicted molar refractivity (Wildman–Crippen MR) is 120 cm³/mol. The van der Waals surface area contributed by atoms with E-state index in [1.54, 1.807) is 31.4 Å². The Hall–Kier alpha value is -2.15. The molecule has 3 aliphatic rings. The minimum absolute atomic E-state index is 0.0173. The van der Waals surface area contributed by atoms with Crippen LogP contribution in [-0.4, -0.2) is 52.0 Å². The Bertz CT molecular complexity index is 785. The van der Waals surface area contributed by atoms with E-state index in [2.05, 4.69) is 10.2 Å². The van der Waals surface area contributed by atoms with Crippen molar-refractivity contribution in [1.29, 1.82) is 0 Å². The van der Waals surface area contributed by atoms with Crippen molar-refractivity contribution in [3.05, 3.63) is 24.3 Å². The summed E-state index contributed by atoms with van der Waals surface area (Å²) in [5.74, 6) is 0.596. The average Bonchev–Trinajstić information content (AvgIpc) is 3.36. The van der Waals surface area contributed by atoms with Crippen LogP contribution in [0.2, 0.25) is 0 Å². The van der Waals surface area contributed by atoms with Gasteiger partial charge >= 0.3 is 0 Å². The molecule has 0 bridgehead atoms. The summed E-state index contributed by atoms with van der Waals surface area (Å²) in [6.07, 6.45) is 10.1. The molecular weight excluding hydrogens is 398 g/mol. The van der Waals surface area contributed by atoms with Crippen molar-refractivity contribution < 1.29 is 14.3 Å². The maximum Gasteiger partial charge on any atom is 0.252 e. The smallest absolute Gasteiger partial charge is 0.252 e. The second-order valence-corrected chi connectivity index (χ2v) is 8.99. The molecule has 2 amide bonds. The zero-order chi connectivity index (χ0) is 21.1. The summed E-state index contributed by atoms with van der Waals surface area (Å²) in [6, 6.07) is 7.20. The fourth-order valence-corrected chi connectivity index (χ4v) is 5.66. The van der Waals surface area contributed by atoms with Crippen LogP contribution in [0, 0.1) is 0 Å². The topological polar surface area (TPSA) is 61.9 Å². The third kappa shape index (κ3) is 4.31. The lowest BCUT2D eigenvalue weighted by molar-refractivity contribution is -0.132. The summed E-state index contributed by atoms with van der Waals surface area (Å²) >= 11 is 5.83. The van der Waals surface area contributed by atoms with Crippen molar-refractivity contribution in [2.24, 2.45) is 0 Å². The van der Waals surface area contributed by atoms with Crippen molar-refractivity contribution in [3.63, 3.8) is 0 Å². The van der Waals surface area contributed by atoms with Crippen molar-refractivity contribution >= 4 is 34.8 Å². The summed E-state index contributed by atoms with van der Waals surface area (Å²) in [5, 5.41) is 3.58. The highest BCUT2D eigenvalue weighted by molar-refractivity contribution is 7.80. The number of nitrogens with zero attached hydrogens (tertiary/aromatic N) is 2. The van der Waals surface area contributed by atoms with E-state index in [4.69, 9.17) is 17.0 Å². The summed E-state index contributed by atoms with van der Waals surface area (Å²) in [7, 11) is 1.61. The Labute approximate surface area is 183 Å². The molecule has 3 fully saturated rings. The van der Waals surface area contributed by atoms with Crippen molar-refractivity contribution in [2.75, 3.05) is 12.4 Å². The van der Waals surface area contributed by atoms with Gasteiger partial charge in [-0.1, -0.05) is 32.1 Å². The molecule has 2 aliphatic carbocycles. The van der Waals surface area contributed by atoms with Gasteiger partial charge in [0.05, 0.1) is 13.5 Å². The maximum absolute atomic E-state index is 13.5. The summed E-state index contributed by atoms with van der Waals surface area (Å²) < 4.78 is 5.16. The SMILES string of the molecule is COc1ccc(NC(=O)CC2C(=O)N(C3CCCCC3)C(=S)N2C2CCCC2)cc1. The van der Waals surface area contributed by atoms with Gasteiger partial charge in [0.15, 0.2) is 5.11 Å². The van der Waals surface area contributed by atoms with Crippen LogP contribution in [0.1, 0.15) is 64.2 Å². The molecule has 7 heteroatoms. The number of ether oxygens (including phenoxy) is 1. The first-order valence-corrected chi connectivity index (χ1v) is 11.6. The quantitative estimate of drug-likeness (QED) is 0.690. The molecule has 0 radical (unpaired) electrons. The van der Waals surface area contributed by atoms with Gasteiger partial charge in [-0.15, -0.1) is 0 Å². The number of thiocarbonyl (C=S) groups is 1. The lowest BCUT2D eigenvalue weighted by Gasteiger charge is -2.33. The predicted octanol–water partition coefficient (Wildman–Crippen LogP) is 4.10.